The average molecular weight is 326 g/mol. The van der Waals surface area contributed by atoms with Crippen LogP contribution in [0.15, 0.2) is 70.9 Å². The maximum atomic E-state index is 12.1. The van der Waals surface area contributed by atoms with E-state index in [1.807, 2.05) is 42.5 Å². The minimum Gasteiger partial charge on any atom is -0.511 e. The SMILES string of the molecule is O=C1CC[C@@H](c2ccccc2)C(O)=C1C=Nc1ccccc1Cl. The summed E-state index contributed by atoms with van der Waals surface area (Å²) in [5, 5.41) is 11.0. The van der Waals surface area contributed by atoms with E-state index in [1.165, 1.54) is 6.21 Å². The summed E-state index contributed by atoms with van der Waals surface area (Å²) >= 11 is 6.06. The normalized spacial score (nSPS) is 18.7. The molecule has 3 rings (SSSR count). The van der Waals surface area contributed by atoms with Crippen molar-refractivity contribution in [3.05, 3.63) is 76.5 Å². The van der Waals surface area contributed by atoms with Gasteiger partial charge in [-0.05, 0) is 24.1 Å². The quantitative estimate of drug-likeness (QED) is 0.807. The van der Waals surface area contributed by atoms with Crippen LogP contribution in [0.1, 0.15) is 24.3 Å². The van der Waals surface area contributed by atoms with E-state index in [0.717, 1.165) is 5.56 Å². The number of Topliss-reactive ketones (excluding diaryl/α,β-unsaturated/α-hetero) is 1. The molecule has 116 valence electrons. The van der Waals surface area contributed by atoms with Crippen LogP contribution in [0.5, 0.6) is 0 Å². The second-order valence-electron chi connectivity index (χ2n) is 5.43. The van der Waals surface area contributed by atoms with E-state index in [2.05, 4.69) is 4.99 Å². The summed E-state index contributed by atoms with van der Waals surface area (Å²) in [6, 6.07) is 16.8. The van der Waals surface area contributed by atoms with Crippen molar-refractivity contribution in [3.63, 3.8) is 0 Å². The third kappa shape index (κ3) is 3.35. The number of carbonyl (C=O) groups is 1. The molecular weight excluding hydrogens is 310 g/mol. The van der Waals surface area contributed by atoms with Crippen LogP contribution in [0.3, 0.4) is 0 Å². The third-order valence-electron chi connectivity index (χ3n) is 3.95. The van der Waals surface area contributed by atoms with Crippen LogP contribution in [-0.4, -0.2) is 17.1 Å². The van der Waals surface area contributed by atoms with Crippen LogP contribution in [0, 0.1) is 0 Å². The van der Waals surface area contributed by atoms with E-state index < -0.39 is 0 Å². The second kappa shape index (κ2) is 6.80. The number of carbonyl (C=O) groups excluding carboxylic acids is 1. The van der Waals surface area contributed by atoms with Crippen LogP contribution < -0.4 is 0 Å². The predicted octanol–water partition coefficient (Wildman–Crippen LogP) is 5.00. The zero-order valence-corrected chi connectivity index (χ0v) is 13.2. The molecular formula is C19H16ClNO2. The lowest BCUT2D eigenvalue weighted by Crippen LogP contribution is -2.19. The molecule has 0 amide bonds. The summed E-state index contributed by atoms with van der Waals surface area (Å²) in [5.41, 5.74) is 1.84. The number of aliphatic hydroxyl groups excluding tert-OH is 1. The average Bonchev–Trinajstić information content (AvgIpc) is 2.57. The zero-order valence-electron chi connectivity index (χ0n) is 12.4. The molecule has 0 saturated carbocycles. The highest BCUT2D eigenvalue weighted by Crippen LogP contribution is 2.34. The number of aliphatic imine (C=N–C) groups is 1. The van der Waals surface area contributed by atoms with Crippen molar-refractivity contribution in [1.82, 2.24) is 0 Å². The Bertz CT molecular complexity index is 781. The van der Waals surface area contributed by atoms with Gasteiger partial charge in [0.05, 0.1) is 16.3 Å². The molecule has 2 aromatic rings. The van der Waals surface area contributed by atoms with Gasteiger partial charge in [-0.1, -0.05) is 54.1 Å². The number of hydrogen-bond donors (Lipinski definition) is 1. The number of aliphatic hydroxyl groups is 1. The van der Waals surface area contributed by atoms with E-state index in [-0.39, 0.29) is 23.0 Å². The molecule has 1 atom stereocenters. The maximum absolute atomic E-state index is 12.1. The highest BCUT2D eigenvalue weighted by atomic mass is 35.5. The zero-order chi connectivity index (χ0) is 16.2. The number of hydrogen-bond acceptors (Lipinski definition) is 3. The first kappa shape index (κ1) is 15.5. The highest BCUT2D eigenvalue weighted by molar-refractivity contribution is 6.33. The van der Waals surface area contributed by atoms with Crippen molar-refractivity contribution in [2.24, 2.45) is 4.99 Å². The van der Waals surface area contributed by atoms with Gasteiger partial charge in [0.2, 0.25) is 0 Å². The van der Waals surface area contributed by atoms with E-state index in [1.54, 1.807) is 12.1 Å². The van der Waals surface area contributed by atoms with E-state index >= 15 is 0 Å². The molecule has 2 aromatic carbocycles. The smallest absolute Gasteiger partial charge is 0.167 e. The van der Waals surface area contributed by atoms with Gasteiger partial charge in [-0.3, -0.25) is 9.79 Å². The largest absolute Gasteiger partial charge is 0.511 e. The summed E-state index contributed by atoms with van der Waals surface area (Å²) in [6.45, 7) is 0. The van der Waals surface area contributed by atoms with Gasteiger partial charge >= 0.3 is 0 Å². The molecule has 1 N–H and O–H groups in total. The molecule has 23 heavy (non-hydrogen) atoms. The lowest BCUT2D eigenvalue weighted by atomic mass is 9.83. The molecule has 0 spiro atoms. The molecule has 0 aromatic heterocycles. The van der Waals surface area contributed by atoms with Gasteiger partial charge < -0.3 is 5.11 Å². The topological polar surface area (TPSA) is 49.7 Å². The molecule has 0 heterocycles. The van der Waals surface area contributed by atoms with Gasteiger partial charge in [0, 0.05) is 18.6 Å². The second-order valence-corrected chi connectivity index (χ2v) is 5.84. The van der Waals surface area contributed by atoms with Crippen molar-refractivity contribution in [1.29, 1.82) is 0 Å². The number of para-hydroxylation sites is 1. The van der Waals surface area contributed by atoms with Gasteiger partial charge in [-0.15, -0.1) is 0 Å². The van der Waals surface area contributed by atoms with E-state index in [0.29, 0.717) is 23.6 Å². The minimum absolute atomic E-state index is 0.0863. The maximum Gasteiger partial charge on any atom is 0.167 e. The van der Waals surface area contributed by atoms with Crippen molar-refractivity contribution >= 4 is 29.3 Å². The Labute approximate surface area is 140 Å². The van der Waals surface area contributed by atoms with E-state index in [9.17, 15) is 9.90 Å². The fourth-order valence-electron chi connectivity index (χ4n) is 2.72. The van der Waals surface area contributed by atoms with Gasteiger partial charge in [0.25, 0.3) is 0 Å². The molecule has 0 saturated heterocycles. The molecule has 0 radical (unpaired) electrons. The van der Waals surface area contributed by atoms with Crippen LogP contribution in [0.2, 0.25) is 5.02 Å². The number of halogens is 1. The van der Waals surface area contributed by atoms with Crippen LogP contribution >= 0.6 is 11.6 Å². The molecule has 1 aliphatic carbocycles. The van der Waals surface area contributed by atoms with E-state index in [4.69, 9.17) is 11.6 Å². The van der Waals surface area contributed by atoms with Crippen molar-refractivity contribution in [2.75, 3.05) is 0 Å². The molecule has 4 heteroatoms. The summed E-state index contributed by atoms with van der Waals surface area (Å²) in [7, 11) is 0. The predicted molar refractivity (Wildman–Crippen MR) is 92.7 cm³/mol. The fraction of sp³-hybridized carbons (Fsp3) is 0.158. The number of nitrogens with zero attached hydrogens (tertiary/aromatic N) is 1. The molecule has 0 unspecified atom stereocenters. The standard InChI is InChI=1S/C19H16ClNO2/c20-16-8-4-5-9-17(16)21-12-15-18(22)11-10-14(19(15)23)13-6-2-1-3-7-13/h1-9,12,14,23H,10-11H2/t14-/m0/s1. The first-order valence-electron chi connectivity index (χ1n) is 7.46. The minimum atomic E-state index is -0.165. The number of benzene rings is 2. The van der Waals surface area contributed by atoms with Crippen LogP contribution in [0.25, 0.3) is 0 Å². The Balaban J connectivity index is 1.95. The summed E-state index contributed by atoms with van der Waals surface area (Å²) in [6.07, 6.45) is 2.43. The van der Waals surface area contributed by atoms with Gasteiger partial charge in [0.1, 0.15) is 5.76 Å². The lowest BCUT2D eigenvalue weighted by molar-refractivity contribution is -0.115. The van der Waals surface area contributed by atoms with Crippen LogP contribution in [0.4, 0.5) is 5.69 Å². The number of ketones is 1. The first-order chi connectivity index (χ1) is 11.2. The fourth-order valence-corrected chi connectivity index (χ4v) is 2.90. The first-order valence-corrected chi connectivity index (χ1v) is 7.84. The Morgan fingerprint density at radius 2 is 1.78 bits per heavy atom. The summed E-state index contributed by atoms with van der Waals surface area (Å²) in [4.78, 5) is 16.4. The highest BCUT2D eigenvalue weighted by Gasteiger charge is 2.28. The number of allylic oxidation sites excluding steroid dienone is 2. The van der Waals surface area contributed by atoms with Crippen LogP contribution in [-0.2, 0) is 4.79 Å². The van der Waals surface area contributed by atoms with Gasteiger partial charge in [-0.2, -0.15) is 0 Å². The van der Waals surface area contributed by atoms with Gasteiger partial charge in [-0.25, -0.2) is 0 Å². The Kier molecular flexibility index (Phi) is 4.58. The molecule has 1 aliphatic rings. The Morgan fingerprint density at radius 3 is 2.52 bits per heavy atom. The molecule has 3 nitrogen and oxygen atoms in total. The van der Waals surface area contributed by atoms with Gasteiger partial charge in [0.15, 0.2) is 5.78 Å². The monoisotopic (exact) mass is 325 g/mol. The van der Waals surface area contributed by atoms with Crippen molar-refractivity contribution in [2.45, 2.75) is 18.8 Å². The lowest BCUT2D eigenvalue weighted by Gasteiger charge is -2.22. The van der Waals surface area contributed by atoms with Crippen molar-refractivity contribution in [3.8, 4) is 0 Å². The number of rotatable bonds is 3. The summed E-state index contributed by atoms with van der Waals surface area (Å²) in [5.74, 6) is -0.171. The third-order valence-corrected chi connectivity index (χ3v) is 4.27. The molecule has 0 fully saturated rings. The molecule has 0 bridgehead atoms. The van der Waals surface area contributed by atoms with Crippen molar-refractivity contribution < 1.29 is 9.90 Å². The summed E-state index contributed by atoms with van der Waals surface area (Å²) < 4.78 is 0. The Morgan fingerprint density at radius 1 is 1.09 bits per heavy atom. The molecule has 0 aliphatic heterocycles. The Hall–Kier alpha value is -2.39.